The highest BCUT2D eigenvalue weighted by molar-refractivity contribution is 5.40. The minimum absolute atomic E-state index is 0.529. The van der Waals surface area contributed by atoms with Gasteiger partial charge in [-0.1, -0.05) is 18.2 Å². The van der Waals surface area contributed by atoms with Gasteiger partial charge >= 0.3 is 0 Å². The van der Waals surface area contributed by atoms with Crippen molar-refractivity contribution in [1.82, 2.24) is 10.2 Å². The summed E-state index contributed by atoms with van der Waals surface area (Å²) < 4.78 is 0. The fourth-order valence-electron chi connectivity index (χ4n) is 1.92. The Labute approximate surface area is 71.6 Å². The molecule has 0 amide bonds. The lowest BCUT2D eigenvalue weighted by Crippen LogP contribution is -2.29. The average molecular weight is 158 g/mol. The van der Waals surface area contributed by atoms with Crippen molar-refractivity contribution < 1.29 is 0 Å². The highest BCUT2D eigenvalue weighted by Gasteiger charge is 2.29. The van der Waals surface area contributed by atoms with Crippen LogP contribution in [0.1, 0.15) is 0 Å². The van der Waals surface area contributed by atoms with Crippen molar-refractivity contribution in [2.24, 2.45) is 0 Å². The van der Waals surface area contributed by atoms with Gasteiger partial charge in [0.25, 0.3) is 0 Å². The predicted octanol–water partition coefficient (Wildman–Crippen LogP) is 1.13. The molecule has 0 aliphatic carbocycles. The van der Waals surface area contributed by atoms with Gasteiger partial charge in [-0.25, -0.2) is 0 Å². The zero-order valence-electron chi connectivity index (χ0n) is 6.70. The highest BCUT2D eigenvalue weighted by Crippen LogP contribution is 2.28. The molecular weight excluding hydrogens is 148 g/mol. The van der Waals surface area contributed by atoms with E-state index in [0.29, 0.717) is 6.04 Å². The van der Waals surface area contributed by atoms with Crippen LogP contribution in [0.15, 0.2) is 48.0 Å². The monoisotopic (exact) mass is 158 g/mol. The normalized spacial score (nSPS) is 29.3. The molecule has 0 saturated carbocycles. The molecule has 1 atom stereocenters. The van der Waals surface area contributed by atoms with Gasteiger partial charge in [-0.15, -0.1) is 0 Å². The molecule has 12 heavy (non-hydrogen) atoms. The number of hydrogen-bond donors (Lipinski definition) is 1. The molecule has 60 valence electrons. The summed E-state index contributed by atoms with van der Waals surface area (Å²) in [7, 11) is 0. The molecule has 0 radical (unpaired) electrons. The summed E-state index contributed by atoms with van der Waals surface area (Å²) in [6.45, 7) is 1.03. The van der Waals surface area contributed by atoms with Crippen LogP contribution in [0.4, 0.5) is 0 Å². The maximum Gasteiger partial charge on any atom is 0.106 e. The molecule has 1 N–H and O–H groups in total. The SMILES string of the molecule is C1=CC2=CC=CC3CNC(=C1)N23. The molecule has 3 aliphatic heterocycles. The first-order chi connectivity index (χ1) is 5.95. The van der Waals surface area contributed by atoms with E-state index in [2.05, 4.69) is 46.7 Å². The molecule has 3 heterocycles. The van der Waals surface area contributed by atoms with Gasteiger partial charge in [-0.3, -0.25) is 0 Å². The maximum atomic E-state index is 3.37. The fraction of sp³-hybridized carbons (Fsp3) is 0.200. The molecule has 0 aromatic rings. The van der Waals surface area contributed by atoms with E-state index in [1.807, 2.05) is 0 Å². The van der Waals surface area contributed by atoms with E-state index in [4.69, 9.17) is 0 Å². The quantitative estimate of drug-likeness (QED) is 0.568. The molecule has 0 spiro atoms. The smallest absolute Gasteiger partial charge is 0.106 e. The molecule has 1 fully saturated rings. The zero-order chi connectivity index (χ0) is 7.97. The lowest BCUT2D eigenvalue weighted by Gasteiger charge is -2.29. The third-order valence-corrected chi connectivity index (χ3v) is 2.48. The van der Waals surface area contributed by atoms with Crippen LogP contribution in [0.25, 0.3) is 0 Å². The molecule has 3 rings (SSSR count). The Morgan fingerprint density at radius 1 is 1.33 bits per heavy atom. The second kappa shape index (κ2) is 2.03. The number of nitrogens with one attached hydrogen (secondary N) is 1. The van der Waals surface area contributed by atoms with Crippen molar-refractivity contribution in [2.75, 3.05) is 6.54 Å². The summed E-state index contributed by atoms with van der Waals surface area (Å²) in [6.07, 6.45) is 12.9. The van der Waals surface area contributed by atoms with E-state index >= 15 is 0 Å². The summed E-state index contributed by atoms with van der Waals surface area (Å²) in [6, 6.07) is 0.529. The fourth-order valence-corrected chi connectivity index (χ4v) is 1.92. The number of nitrogens with zero attached hydrogens (tertiary/aromatic N) is 1. The summed E-state index contributed by atoms with van der Waals surface area (Å²) in [5.74, 6) is 1.23. The average Bonchev–Trinajstić information content (AvgIpc) is 2.52. The van der Waals surface area contributed by atoms with Gasteiger partial charge in [0.15, 0.2) is 0 Å². The molecule has 1 saturated heterocycles. The third kappa shape index (κ3) is 0.644. The Hall–Kier alpha value is -1.44. The van der Waals surface area contributed by atoms with Crippen molar-refractivity contribution in [2.45, 2.75) is 6.04 Å². The molecular formula is C10H10N2. The summed E-state index contributed by atoms with van der Waals surface area (Å²) in [5, 5.41) is 3.37. The van der Waals surface area contributed by atoms with E-state index in [-0.39, 0.29) is 0 Å². The van der Waals surface area contributed by atoms with Gasteiger partial charge in [0, 0.05) is 12.2 Å². The van der Waals surface area contributed by atoms with Gasteiger partial charge in [-0.05, 0) is 18.2 Å². The number of hydrogen-bond acceptors (Lipinski definition) is 2. The first kappa shape index (κ1) is 6.12. The van der Waals surface area contributed by atoms with E-state index in [9.17, 15) is 0 Å². The van der Waals surface area contributed by atoms with Crippen LogP contribution in [0.5, 0.6) is 0 Å². The van der Waals surface area contributed by atoms with Gasteiger partial charge in [0.1, 0.15) is 5.82 Å². The standard InChI is InChI=1S/C10H10N2/c1-3-8-4-2-6-10-11-7-9(5-1)12(8)10/h1-6,9,11H,7H2. The summed E-state index contributed by atoms with van der Waals surface area (Å²) in [4.78, 5) is 2.33. The lowest BCUT2D eigenvalue weighted by molar-refractivity contribution is 0.429. The topological polar surface area (TPSA) is 15.3 Å². The lowest BCUT2D eigenvalue weighted by atomic mass is 10.1. The van der Waals surface area contributed by atoms with Crippen molar-refractivity contribution in [3.8, 4) is 0 Å². The second-order valence-electron chi connectivity index (χ2n) is 3.21. The minimum atomic E-state index is 0.529. The molecule has 1 unspecified atom stereocenters. The Balaban J connectivity index is 2.15. The summed E-state index contributed by atoms with van der Waals surface area (Å²) in [5.41, 5.74) is 1.30. The van der Waals surface area contributed by atoms with E-state index in [1.54, 1.807) is 0 Å². The van der Waals surface area contributed by atoms with Crippen molar-refractivity contribution >= 4 is 0 Å². The zero-order valence-corrected chi connectivity index (χ0v) is 6.70. The van der Waals surface area contributed by atoms with Gasteiger partial charge in [0.2, 0.25) is 0 Å². The second-order valence-corrected chi connectivity index (χ2v) is 3.21. The van der Waals surface area contributed by atoms with E-state index in [0.717, 1.165) is 6.54 Å². The van der Waals surface area contributed by atoms with Crippen molar-refractivity contribution in [3.63, 3.8) is 0 Å². The van der Waals surface area contributed by atoms with Crippen LogP contribution < -0.4 is 5.32 Å². The largest absolute Gasteiger partial charge is 0.369 e. The molecule has 3 aliphatic rings. The third-order valence-electron chi connectivity index (χ3n) is 2.48. The van der Waals surface area contributed by atoms with E-state index < -0.39 is 0 Å². The molecule has 2 heteroatoms. The van der Waals surface area contributed by atoms with Gasteiger partial charge in [-0.2, -0.15) is 0 Å². The maximum absolute atomic E-state index is 3.37. The molecule has 2 nitrogen and oxygen atoms in total. The first-order valence-electron chi connectivity index (χ1n) is 4.25. The Morgan fingerprint density at radius 2 is 2.33 bits per heavy atom. The van der Waals surface area contributed by atoms with Crippen molar-refractivity contribution in [3.05, 3.63) is 48.0 Å². The van der Waals surface area contributed by atoms with Gasteiger partial charge in [0.05, 0.1) is 6.04 Å². The predicted molar refractivity (Wildman–Crippen MR) is 48.1 cm³/mol. The molecule has 0 bridgehead atoms. The number of allylic oxidation sites excluding steroid dienone is 5. The molecule has 0 aromatic heterocycles. The van der Waals surface area contributed by atoms with Crippen LogP contribution in [0.3, 0.4) is 0 Å². The van der Waals surface area contributed by atoms with Crippen LogP contribution >= 0.6 is 0 Å². The Morgan fingerprint density at radius 3 is 3.33 bits per heavy atom. The first-order valence-corrected chi connectivity index (χ1v) is 4.25. The summed E-state index contributed by atoms with van der Waals surface area (Å²) >= 11 is 0. The number of rotatable bonds is 0. The van der Waals surface area contributed by atoms with Crippen molar-refractivity contribution in [1.29, 1.82) is 0 Å². The van der Waals surface area contributed by atoms with Crippen LogP contribution in [0, 0.1) is 0 Å². The van der Waals surface area contributed by atoms with E-state index in [1.165, 1.54) is 11.5 Å². The van der Waals surface area contributed by atoms with Crippen LogP contribution in [0.2, 0.25) is 0 Å². The Kier molecular flexibility index (Phi) is 1.04. The Bertz CT molecular complexity index is 334. The minimum Gasteiger partial charge on any atom is -0.369 e. The van der Waals surface area contributed by atoms with Crippen LogP contribution in [-0.4, -0.2) is 17.5 Å². The molecule has 0 aromatic carbocycles. The van der Waals surface area contributed by atoms with Crippen LogP contribution in [-0.2, 0) is 0 Å². The van der Waals surface area contributed by atoms with Gasteiger partial charge < -0.3 is 10.2 Å². The highest BCUT2D eigenvalue weighted by atomic mass is 15.3.